The summed E-state index contributed by atoms with van der Waals surface area (Å²) >= 11 is 12.6. The molecule has 0 radical (unpaired) electrons. The summed E-state index contributed by atoms with van der Waals surface area (Å²) in [6.07, 6.45) is 0.795. The number of likely N-dealkylation sites (N-methyl/N-ethyl adjacent to an activating group) is 1. The predicted octanol–water partition coefficient (Wildman–Crippen LogP) is 6.45. The number of halogens is 2. The van der Waals surface area contributed by atoms with Crippen molar-refractivity contribution in [1.29, 1.82) is 5.26 Å². The third-order valence-electron chi connectivity index (χ3n) is 7.61. The minimum Gasteiger partial charge on any atom is -0.341 e. The van der Waals surface area contributed by atoms with Gasteiger partial charge in [0.05, 0.1) is 27.2 Å². The van der Waals surface area contributed by atoms with Gasteiger partial charge < -0.3 is 9.80 Å². The molecule has 1 aliphatic rings. The Morgan fingerprint density at radius 2 is 1.70 bits per heavy atom. The zero-order valence-corrected chi connectivity index (χ0v) is 25.1. The summed E-state index contributed by atoms with van der Waals surface area (Å²) in [5.41, 5.74) is 1.42. The molecule has 0 bridgehead atoms. The number of rotatable bonds is 7. The number of hydrogen-bond acceptors (Lipinski definition) is 4. The van der Waals surface area contributed by atoms with Gasteiger partial charge in [0.2, 0.25) is 5.91 Å². The maximum atomic E-state index is 13.8. The van der Waals surface area contributed by atoms with Gasteiger partial charge >= 0.3 is 0 Å². The number of carbonyl (C=O) groups excluding carboxylic acids is 2. The number of benzene rings is 3. The van der Waals surface area contributed by atoms with E-state index in [2.05, 4.69) is 11.0 Å². The molecule has 1 atom stereocenters. The molecule has 3 aromatic carbocycles. The van der Waals surface area contributed by atoms with Crippen LogP contribution < -0.4 is 0 Å². The van der Waals surface area contributed by atoms with Crippen molar-refractivity contribution in [2.75, 3.05) is 46.3 Å². The number of piperazine rings is 1. The highest BCUT2D eigenvalue weighted by atomic mass is 35.5. The normalized spacial score (nSPS) is 15.1. The third-order valence-corrected chi connectivity index (χ3v) is 8.35. The van der Waals surface area contributed by atoms with E-state index >= 15 is 0 Å². The first kappa shape index (κ1) is 29.9. The Morgan fingerprint density at radius 1 is 1.00 bits per heavy atom. The molecule has 4 rings (SSSR count). The highest BCUT2D eigenvalue weighted by Crippen LogP contribution is 2.30. The minimum atomic E-state index is -0.381. The van der Waals surface area contributed by atoms with Crippen LogP contribution in [0, 0.1) is 16.7 Å². The Morgan fingerprint density at radius 3 is 2.35 bits per heavy atom. The van der Waals surface area contributed by atoms with E-state index in [1.54, 1.807) is 24.1 Å². The molecule has 0 aromatic heterocycles. The summed E-state index contributed by atoms with van der Waals surface area (Å²) in [5.74, 6) is -0.00247. The monoisotopic (exact) mass is 578 g/mol. The van der Waals surface area contributed by atoms with Crippen molar-refractivity contribution in [3.8, 4) is 6.07 Å². The minimum absolute atomic E-state index is 0.00142. The van der Waals surface area contributed by atoms with Crippen LogP contribution >= 0.6 is 23.2 Å². The van der Waals surface area contributed by atoms with E-state index in [0.29, 0.717) is 40.8 Å². The van der Waals surface area contributed by atoms with Crippen LogP contribution in [0.5, 0.6) is 0 Å². The molecule has 8 heteroatoms. The summed E-state index contributed by atoms with van der Waals surface area (Å²) in [6.45, 7) is 10.2. The van der Waals surface area contributed by atoms with Crippen LogP contribution in [-0.2, 0) is 4.79 Å². The average Bonchev–Trinajstić information content (AvgIpc) is 2.95. The second kappa shape index (κ2) is 12.6. The van der Waals surface area contributed by atoms with E-state index in [9.17, 15) is 14.9 Å². The number of hydrogen-bond donors (Lipinski definition) is 0. The highest BCUT2D eigenvalue weighted by Gasteiger charge is 2.30. The molecule has 0 spiro atoms. The van der Waals surface area contributed by atoms with Crippen LogP contribution in [0.3, 0.4) is 0 Å². The lowest BCUT2D eigenvalue weighted by molar-refractivity contribution is -0.141. The second-order valence-electron chi connectivity index (χ2n) is 11.5. The topological polar surface area (TPSA) is 67.7 Å². The molecule has 0 saturated carbocycles. The molecule has 0 aliphatic carbocycles. The largest absolute Gasteiger partial charge is 0.341 e. The Hall–Kier alpha value is -3.11. The fraction of sp³-hybridized carbons (Fsp3) is 0.406. The van der Waals surface area contributed by atoms with Gasteiger partial charge in [-0.1, -0.05) is 80.4 Å². The standard InChI is InChI=1S/C32H36Cl2N4O2/c1-32(2,3)31(40)38-17-15-37(16-18-38)14-13-25(23-11-12-27(33)28(34)19-23)21-36(4)30(39)29-24(20-35)10-9-22-7-5-6-8-26(22)29/h5-12,19,25H,13-18,21H2,1-4H3/t25-/m1/s1. The summed E-state index contributed by atoms with van der Waals surface area (Å²) < 4.78 is 0. The summed E-state index contributed by atoms with van der Waals surface area (Å²) in [4.78, 5) is 32.5. The zero-order chi connectivity index (χ0) is 29.0. The van der Waals surface area contributed by atoms with Crippen molar-refractivity contribution in [3.05, 3.63) is 81.3 Å². The molecule has 0 N–H and O–H groups in total. The second-order valence-corrected chi connectivity index (χ2v) is 12.4. The van der Waals surface area contributed by atoms with Gasteiger partial charge in [0, 0.05) is 51.1 Å². The maximum Gasteiger partial charge on any atom is 0.255 e. The van der Waals surface area contributed by atoms with E-state index in [1.165, 1.54) is 0 Å². The van der Waals surface area contributed by atoms with Gasteiger partial charge in [-0.05, 0) is 47.5 Å². The molecule has 2 amide bonds. The number of fused-ring (bicyclic) bond motifs is 1. The van der Waals surface area contributed by atoms with Crippen molar-refractivity contribution in [2.45, 2.75) is 33.1 Å². The van der Waals surface area contributed by atoms with Crippen molar-refractivity contribution < 1.29 is 9.59 Å². The fourth-order valence-corrected chi connectivity index (χ4v) is 5.62. The molecular weight excluding hydrogens is 543 g/mol. The van der Waals surface area contributed by atoms with Gasteiger partial charge in [-0.3, -0.25) is 14.5 Å². The molecule has 6 nitrogen and oxygen atoms in total. The predicted molar refractivity (Wildman–Crippen MR) is 162 cm³/mol. The van der Waals surface area contributed by atoms with Gasteiger partial charge in [0.25, 0.3) is 5.91 Å². The van der Waals surface area contributed by atoms with Crippen molar-refractivity contribution in [3.63, 3.8) is 0 Å². The summed E-state index contributed by atoms with van der Waals surface area (Å²) in [5, 5.41) is 12.4. The number of nitriles is 1. The summed E-state index contributed by atoms with van der Waals surface area (Å²) in [7, 11) is 1.78. The van der Waals surface area contributed by atoms with Crippen molar-refractivity contribution >= 4 is 45.8 Å². The third kappa shape index (κ3) is 6.78. The Balaban J connectivity index is 1.52. The van der Waals surface area contributed by atoms with Gasteiger partial charge in [-0.25, -0.2) is 0 Å². The van der Waals surface area contributed by atoms with Crippen molar-refractivity contribution in [2.24, 2.45) is 5.41 Å². The Bertz CT molecular complexity index is 1440. The lowest BCUT2D eigenvalue weighted by Gasteiger charge is -2.38. The molecule has 1 saturated heterocycles. The van der Waals surface area contributed by atoms with Gasteiger partial charge in [0.15, 0.2) is 0 Å². The first-order chi connectivity index (χ1) is 19.0. The molecule has 1 heterocycles. The van der Waals surface area contributed by atoms with E-state index in [0.717, 1.165) is 42.4 Å². The van der Waals surface area contributed by atoms with Crippen molar-refractivity contribution in [1.82, 2.24) is 14.7 Å². The van der Waals surface area contributed by atoms with E-state index < -0.39 is 0 Å². The van der Waals surface area contributed by atoms with Crippen LogP contribution in [0.2, 0.25) is 10.0 Å². The lowest BCUT2D eigenvalue weighted by Crippen LogP contribution is -2.51. The van der Waals surface area contributed by atoms with Crippen LogP contribution in [-0.4, -0.2) is 72.8 Å². The molecular formula is C32H36Cl2N4O2. The van der Waals surface area contributed by atoms with Gasteiger partial charge in [-0.2, -0.15) is 5.26 Å². The molecule has 3 aromatic rings. The van der Waals surface area contributed by atoms with E-state index in [-0.39, 0.29) is 23.1 Å². The molecule has 210 valence electrons. The first-order valence-electron chi connectivity index (χ1n) is 13.6. The first-order valence-corrected chi connectivity index (χ1v) is 14.4. The average molecular weight is 580 g/mol. The van der Waals surface area contributed by atoms with Crippen LogP contribution in [0.25, 0.3) is 10.8 Å². The van der Waals surface area contributed by atoms with Crippen LogP contribution in [0.4, 0.5) is 0 Å². The lowest BCUT2D eigenvalue weighted by atomic mass is 9.93. The molecule has 40 heavy (non-hydrogen) atoms. The highest BCUT2D eigenvalue weighted by molar-refractivity contribution is 6.42. The molecule has 0 unspecified atom stereocenters. The SMILES string of the molecule is CN(C[C@@H](CCN1CCN(C(=O)C(C)(C)C)CC1)c1ccc(Cl)c(Cl)c1)C(=O)c1c(C#N)ccc2ccccc12. The fourth-order valence-electron chi connectivity index (χ4n) is 5.32. The smallest absolute Gasteiger partial charge is 0.255 e. The van der Waals surface area contributed by atoms with E-state index in [1.807, 2.05) is 68.1 Å². The van der Waals surface area contributed by atoms with Crippen LogP contribution in [0.15, 0.2) is 54.6 Å². The van der Waals surface area contributed by atoms with Crippen LogP contribution in [0.1, 0.15) is 54.6 Å². The molecule has 1 fully saturated rings. The quantitative estimate of drug-likeness (QED) is 0.323. The number of nitrogens with zero attached hydrogens (tertiary/aromatic N) is 4. The Labute approximate surface area is 247 Å². The maximum absolute atomic E-state index is 13.8. The summed E-state index contributed by atoms with van der Waals surface area (Å²) in [6, 6.07) is 19.1. The van der Waals surface area contributed by atoms with E-state index in [4.69, 9.17) is 23.2 Å². The number of amides is 2. The molecule has 1 aliphatic heterocycles. The zero-order valence-electron chi connectivity index (χ0n) is 23.6. The van der Waals surface area contributed by atoms with Gasteiger partial charge in [0.1, 0.15) is 0 Å². The van der Waals surface area contributed by atoms with Gasteiger partial charge in [-0.15, -0.1) is 0 Å². The number of carbonyl (C=O) groups is 2. The Kier molecular flexibility index (Phi) is 9.41.